The van der Waals surface area contributed by atoms with E-state index in [-0.39, 0.29) is 0 Å². The summed E-state index contributed by atoms with van der Waals surface area (Å²) < 4.78 is 2.33. The van der Waals surface area contributed by atoms with Crippen molar-refractivity contribution in [2.24, 2.45) is 5.92 Å². The molecule has 0 saturated heterocycles. The fourth-order valence-electron chi connectivity index (χ4n) is 2.52. The van der Waals surface area contributed by atoms with Gasteiger partial charge in [-0.25, -0.2) is 4.98 Å². The lowest BCUT2D eigenvalue weighted by molar-refractivity contribution is 0.217. The first-order valence-electron chi connectivity index (χ1n) is 6.92. The van der Waals surface area contributed by atoms with Gasteiger partial charge in [-0.1, -0.05) is 51.1 Å². The van der Waals surface area contributed by atoms with E-state index in [0.717, 1.165) is 5.92 Å². The van der Waals surface area contributed by atoms with Crippen LogP contribution in [-0.2, 0) is 0 Å². The molecular formula is C16H22N2. The van der Waals surface area contributed by atoms with Crippen molar-refractivity contribution in [2.45, 2.75) is 39.7 Å². The van der Waals surface area contributed by atoms with Crippen LogP contribution in [0.3, 0.4) is 0 Å². The van der Waals surface area contributed by atoms with E-state index in [1.807, 2.05) is 26.4 Å². The molecule has 1 aliphatic carbocycles. The molecular weight excluding hydrogens is 220 g/mol. The first-order chi connectivity index (χ1) is 8.84. The van der Waals surface area contributed by atoms with E-state index in [1.165, 1.54) is 24.1 Å². The fraction of sp³-hybridized carbons (Fsp3) is 0.438. The van der Waals surface area contributed by atoms with Gasteiger partial charge in [0.25, 0.3) is 0 Å². The van der Waals surface area contributed by atoms with Crippen molar-refractivity contribution in [1.29, 1.82) is 0 Å². The Morgan fingerprint density at radius 1 is 1.11 bits per heavy atom. The number of hydrogen-bond donors (Lipinski definition) is 0. The minimum absolute atomic E-state index is 0.660. The molecule has 96 valence electrons. The van der Waals surface area contributed by atoms with E-state index in [1.54, 1.807) is 0 Å². The Balaban J connectivity index is 0.000000574. The lowest BCUT2D eigenvalue weighted by Gasteiger charge is -2.34. The van der Waals surface area contributed by atoms with Crippen LogP contribution in [0.2, 0.25) is 0 Å². The van der Waals surface area contributed by atoms with E-state index in [9.17, 15) is 0 Å². The Morgan fingerprint density at radius 2 is 1.78 bits per heavy atom. The summed E-state index contributed by atoms with van der Waals surface area (Å²) in [6.45, 7) is 6.32. The number of aromatic nitrogens is 2. The Hall–Kier alpha value is -1.57. The van der Waals surface area contributed by atoms with Crippen LogP contribution in [-0.4, -0.2) is 9.55 Å². The van der Waals surface area contributed by atoms with Crippen LogP contribution < -0.4 is 0 Å². The summed E-state index contributed by atoms with van der Waals surface area (Å²) in [6, 6.07) is 11.2. The van der Waals surface area contributed by atoms with Crippen LogP contribution in [0.25, 0.3) is 11.3 Å². The first-order valence-corrected chi connectivity index (χ1v) is 6.92. The fourth-order valence-corrected chi connectivity index (χ4v) is 2.52. The normalized spacial score (nSPS) is 21.7. The zero-order chi connectivity index (χ0) is 13.0. The Kier molecular flexibility index (Phi) is 4.19. The van der Waals surface area contributed by atoms with Crippen molar-refractivity contribution in [3.05, 3.63) is 42.9 Å². The molecule has 1 fully saturated rings. The number of hydrogen-bond acceptors (Lipinski definition) is 1. The van der Waals surface area contributed by atoms with Gasteiger partial charge in [-0.15, -0.1) is 0 Å². The maximum Gasteiger partial charge on any atom is 0.0953 e. The third-order valence-electron chi connectivity index (χ3n) is 3.48. The van der Waals surface area contributed by atoms with Crippen LogP contribution in [0.5, 0.6) is 0 Å². The third kappa shape index (κ3) is 2.47. The largest absolute Gasteiger partial charge is 0.327 e. The molecule has 18 heavy (non-hydrogen) atoms. The van der Waals surface area contributed by atoms with E-state index in [0.29, 0.717) is 6.04 Å². The minimum atomic E-state index is 0.660. The van der Waals surface area contributed by atoms with Crippen LogP contribution in [0.4, 0.5) is 0 Å². The van der Waals surface area contributed by atoms with E-state index in [4.69, 9.17) is 0 Å². The van der Waals surface area contributed by atoms with Gasteiger partial charge in [-0.2, -0.15) is 0 Å². The maximum absolute atomic E-state index is 4.29. The summed E-state index contributed by atoms with van der Waals surface area (Å²) in [5, 5.41) is 0. The van der Waals surface area contributed by atoms with Gasteiger partial charge in [-0.05, 0) is 24.3 Å². The molecule has 1 heterocycles. The molecule has 2 heteroatoms. The molecule has 0 bridgehead atoms. The molecule has 1 saturated carbocycles. The average molecular weight is 242 g/mol. The standard InChI is InChI=1S/C14H16N2.C2H6/c1-11-7-13(8-11)16-10-15-9-14(16)12-5-3-2-4-6-12;1-2/h2-6,9-11,13H,7-8H2,1H3;1-2H3. The molecule has 1 aromatic heterocycles. The quantitative estimate of drug-likeness (QED) is 0.755. The number of imidazole rings is 1. The molecule has 0 amide bonds. The van der Waals surface area contributed by atoms with Crippen LogP contribution >= 0.6 is 0 Å². The summed E-state index contributed by atoms with van der Waals surface area (Å²) in [5.74, 6) is 0.871. The van der Waals surface area contributed by atoms with Gasteiger partial charge in [0.15, 0.2) is 0 Å². The summed E-state index contributed by atoms with van der Waals surface area (Å²) in [4.78, 5) is 4.29. The molecule has 1 aliphatic rings. The molecule has 0 aliphatic heterocycles. The van der Waals surface area contributed by atoms with Crippen molar-refractivity contribution in [3.8, 4) is 11.3 Å². The van der Waals surface area contributed by atoms with Gasteiger partial charge in [0, 0.05) is 6.04 Å². The van der Waals surface area contributed by atoms with Gasteiger partial charge in [-0.3, -0.25) is 0 Å². The van der Waals surface area contributed by atoms with Crippen molar-refractivity contribution < 1.29 is 0 Å². The summed E-state index contributed by atoms with van der Waals surface area (Å²) in [7, 11) is 0. The topological polar surface area (TPSA) is 17.8 Å². The number of nitrogens with zero attached hydrogens (tertiary/aromatic N) is 2. The lowest BCUT2D eigenvalue weighted by Crippen LogP contribution is -2.24. The predicted molar refractivity (Wildman–Crippen MR) is 76.4 cm³/mol. The third-order valence-corrected chi connectivity index (χ3v) is 3.48. The molecule has 2 aromatic rings. The lowest BCUT2D eigenvalue weighted by atomic mass is 9.81. The highest BCUT2D eigenvalue weighted by Gasteiger charge is 2.28. The van der Waals surface area contributed by atoms with Crippen LogP contribution in [0.15, 0.2) is 42.9 Å². The van der Waals surface area contributed by atoms with Crippen molar-refractivity contribution in [1.82, 2.24) is 9.55 Å². The van der Waals surface area contributed by atoms with Gasteiger partial charge in [0.1, 0.15) is 0 Å². The molecule has 2 nitrogen and oxygen atoms in total. The molecule has 3 rings (SSSR count). The second-order valence-electron chi connectivity index (χ2n) is 4.78. The zero-order valence-corrected chi connectivity index (χ0v) is 11.5. The van der Waals surface area contributed by atoms with Gasteiger partial charge in [0.05, 0.1) is 18.2 Å². The van der Waals surface area contributed by atoms with Crippen LogP contribution in [0.1, 0.15) is 39.7 Å². The highest BCUT2D eigenvalue weighted by atomic mass is 15.1. The minimum Gasteiger partial charge on any atom is -0.327 e. The van der Waals surface area contributed by atoms with Gasteiger partial charge < -0.3 is 4.57 Å². The summed E-state index contributed by atoms with van der Waals surface area (Å²) >= 11 is 0. The monoisotopic (exact) mass is 242 g/mol. The van der Waals surface area contributed by atoms with Gasteiger partial charge >= 0.3 is 0 Å². The highest BCUT2D eigenvalue weighted by Crippen LogP contribution is 2.39. The van der Waals surface area contributed by atoms with Crippen molar-refractivity contribution >= 4 is 0 Å². The number of rotatable bonds is 2. The molecule has 0 spiro atoms. The summed E-state index contributed by atoms with van der Waals surface area (Å²) in [6.07, 6.45) is 6.52. The molecule has 0 atom stereocenters. The Bertz CT molecular complexity index is 467. The summed E-state index contributed by atoms with van der Waals surface area (Å²) in [5.41, 5.74) is 2.51. The number of benzene rings is 1. The van der Waals surface area contributed by atoms with Crippen LogP contribution in [0, 0.1) is 5.92 Å². The highest BCUT2D eigenvalue weighted by molar-refractivity contribution is 5.58. The Labute approximate surface area is 110 Å². The Morgan fingerprint density at radius 3 is 2.39 bits per heavy atom. The van der Waals surface area contributed by atoms with Crippen molar-refractivity contribution in [3.63, 3.8) is 0 Å². The zero-order valence-electron chi connectivity index (χ0n) is 11.5. The van der Waals surface area contributed by atoms with Gasteiger partial charge in [0.2, 0.25) is 0 Å². The van der Waals surface area contributed by atoms with Crippen molar-refractivity contribution in [2.75, 3.05) is 0 Å². The van der Waals surface area contributed by atoms with E-state index in [2.05, 4.69) is 46.8 Å². The van der Waals surface area contributed by atoms with E-state index < -0.39 is 0 Å². The first kappa shape index (κ1) is 12.9. The molecule has 0 radical (unpaired) electrons. The SMILES string of the molecule is CC.CC1CC(n2cncc2-c2ccccc2)C1. The van der Waals surface area contributed by atoms with E-state index >= 15 is 0 Å². The second-order valence-corrected chi connectivity index (χ2v) is 4.78. The molecule has 1 aromatic carbocycles. The maximum atomic E-state index is 4.29. The predicted octanol–water partition coefficient (Wildman–Crippen LogP) is 4.55. The smallest absolute Gasteiger partial charge is 0.0953 e. The second kappa shape index (κ2) is 5.85. The average Bonchev–Trinajstić information content (AvgIpc) is 2.87. The molecule has 0 unspecified atom stereocenters. The molecule has 0 N–H and O–H groups in total.